The zero-order valence-corrected chi connectivity index (χ0v) is 13.8. The van der Waals surface area contributed by atoms with Gasteiger partial charge in [0.15, 0.2) is 0 Å². The van der Waals surface area contributed by atoms with E-state index in [-0.39, 0.29) is 6.04 Å². The van der Waals surface area contributed by atoms with E-state index in [1.165, 1.54) is 19.3 Å². The third kappa shape index (κ3) is 4.41. The summed E-state index contributed by atoms with van der Waals surface area (Å²) in [6.07, 6.45) is 6.52. The SMILES string of the molecule is CCC(C#N)N1CCN(S(=O)(=O)CC2CCCCC2)CC1. The topological polar surface area (TPSA) is 64.4 Å². The van der Waals surface area contributed by atoms with Crippen molar-refractivity contribution in [2.75, 3.05) is 31.9 Å². The van der Waals surface area contributed by atoms with E-state index in [4.69, 9.17) is 5.26 Å². The summed E-state index contributed by atoms with van der Waals surface area (Å²) in [5, 5.41) is 9.10. The van der Waals surface area contributed by atoms with Crippen LogP contribution in [0, 0.1) is 17.2 Å². The Bertz CT molecular complexity index is 458. The van der Waals surface area contributed by atoms with Crippen LogP contribution in [0.15, 0.2) is 0 Å². The number of piperazine rings is 1. The standard InChI is InChI=1S/C15H27N3O2S/c1-2-15(12-16)17-8-10-18(11-9-17)21(19,20)13-14-6-4-3-5-7-14/h14-15H,2-11,13H2,1H3. The first-order valence-electron chi connectivity index (χ1n) is 8.18. The van der Waals surface area contributed by atoms with Gasteiger partial charge in [0, 0.05) is 26.2 Å². The zero-order chi connectivity index (χ0) is 15.3. The van der Waals surface area contributed by atoms with Gasteiger partial charge in [0.05, 0.1) is 17.9 Å². The lowest BCUT2D eigenvalue weighted by Crippen LogP contribution is -2.52. The van der Waals surface area contributed by atoms with Gasteiger partial charge in [0.1, 0.15) is 0 Å². The van der Waals surface area contributed by atoms with Gasteiger partial charge < -0.3 is 0 Å². The van der Waals surface area contributed by atoms with Crippen molar-refractivity contribution in [3.05, 3.63) is 0 Å². The molecule has 0 aromatic carbocycles. The first kappa shape index (κ1) is 16.7. The summed E-state index contributed by atoms with van der Waals surface area (Å²) in [6, 6.07) is 2.22. The van der Waals surface area contributed by atoms with Crippen LogP contribution in [-0.4, -0.2) is 55.6 Å². The molecule has 0 aromatic heterocycles. The fraction of sp³-hybridized carbons (Fsp3) is 0.933. The zero-order valence-electron chi connectivity index (χ0n) is 13.0. The number of sulfonamides is 1. The van der Waals surface area contributed by atoms with Crippen LogP contribution in [0.25, 0.3) is 0 Å². The molecule has 6 heteroatoms. The lowest BCUT2D eigenvalue weighted by atomic mass is 9.91. The van der Waals surface area contributed by atoms with Crippen molar-refractivity contribution in [3.63, 3.8) is 0 Å². The van der Waals surface area contributed by atoms with E-state index in [0.717, 1.165) is 19.3 Å². The molecule has 0 N–H and O–H groups in total. The molecular formula is C15H27N3O2S. The molecule has 5 nitrogen and oxygen atoms in total. The minimum atomic E-state index is -3.12. The highest BCUT2D eigenvalue weighted by atomic mass is 32.2. The maximum absolute atomic E-state index is 12.5. The maximum atomic E-state index is 12.5. The maximum Gasteiger partial charge on any atom is 0.214 e. The molecule has 1 aliphatic heterocycles. The molecule has 0 bridgehead atoms. The Hall–Kier alpha value is -0.640. The van der Waals surface area contributed by atoms with Gasteiger partial charge in [0.25, 0.3) is 0 Å². The molecular weight excluding hydrogens is 286 g/mol. The molecule has 2 aliphatic rings. The number of nitriles is 1. The molecule has 1 atom stereocenters. The molecule has 1 saturated heterocycles. The normalized spacial score (nSPS) is 24.6. The van der Waals surface area contributed by atoms with Gasteiger partial charge in [-0.1, -0.05) is 26.2 Å². The molecule has 1 aliphatic carbocycles. The molecule has 1 unspecified atom stereocenters. The van der Waals surface area contributed by atoms with Gasteiger partial charge in [-0.3, -0.25) is 4.90 Å². The van der Waals surface area contributed by atoms with Crippen molar-refractivity contribution in [3.8, 4) is 6.07 Å². The lowest BCUT2D eigenvalue weighted by molar-refractivity contribution is 0.159. The lowest BCUT2D eigenvalue weighted by Gasteiger charge is -2.36. The summed E-state index contributed by atoms with van der Waals surface area (Å²) < 4.78 is 26.7. The summed E-state index contributed by atoms with van der Waals surface area (Å²) >= 11 is 0. The third-order valence-electron chi connectivity index (χ3n) is 4.81. The Morgan fingerprint density at radius 1 is 1.14 bits per heavy atom. The molecule has 0 aromatic rings. The quantitative estimate of drug-likeness (QED) is 0.776. The van der Waals surface area contributed by atoms with Crippen LogP contribution in [-0.2, 0) is 10.0 Å². The Morgan fingerprint density at radius 2 is 1.76 bits per heavy atom. The second-order valence-corrected chi connectivity index (χ2v) is 8.28. The van der Waals surface area contributed by atoms with Crippen molar-refractivity contribution in [2.24, 2.45) is 5.92 Å². The molecule has 0 spiro atoms. The predicted molar refractivity (Wildman–Crippen MR) is 83.2 cm³/mol. The second kappa shape index (κ2) is 7.57. The van der Waals surface area contributed by atoms with Crippen LogP contribution in [0.3, 0.4) is 0 Å². The minimum Gasteiger partial charge on any atom is -0.285 e. The predicted octanol–water partition coefficient (Wildman–Crippen LogP) is 1.82. The fourth-order valence-corrected chi connectivity index (χ4v) is 5.34. The van der Waals surface area contributed by atoms with Crippen molar-refractivity contribution in [1.29, 1.82) is 5.26 Å². The molecule has 0 amide bonds. The van der Waals surface area contributed by atoms with E-state index in [1.54, 1.807) is 4.31 Å². The molecule has 1 heterocycles. The van der Waals surface area contributed by atoms with E-state index >= 15 is 0 Å². The Labute approximate surface area is 129 Å². The number of hydrogen-bond acceptors (Lipinski definition) is 4. The molecule has 120 valence electrons. The largest absolute Gasteiger partial charge is 0.285 e. The summed E-state index contributed by atoms with van der Waals surface area (Å²) in [5.41, 5.74) is 0. The first-order chi connectivity index (χ1) is 10.1. The van der Waals surface area contributed by atoms with Gasteiger partial charge in [-0.15, -0.1) is 0 Å². The summed E-state index contributed by atoms with van der Waals surface area (Å²) in [7, 11) is -3.12. The van der Waals surface area contributed by atoms with E-state index < -0.39 is 10.0 Å². The summed E-state index contributed by atoms with van der Waals surface area (Å²) in [4.78, 5) is 2.10. The van der Waals surface area contributed by atoms with E-state index in [9.17, 15) is 8.42 Å². The van der Waals surface area contributed by atoms with Gasteiger partial charge in [-0.2, -0.15) is 9.57 Å². The molecule has 0 radical (unpaired) electrons. The smallest absolute Gasteiger partial charge is 0.214 e. The number of rotatable bonds is 5. The average molecular weight is 313 g/mol. The molecule has 2 fully saturated rings. The number of nitrogens with zero attached hydrogens (tertiary/aromatic N) is 3. The van der Waals surface area contributed by atoms with Gasteiger partial charge in [-0.05, 0) is 25.2 Å². The Kier molecular flexibility index (Phi) is 6.03. The van der Waals surface area contributed by atoms with Crippen LogP contribution in [0.5, 0.6) is 0 Å². The molecule has 2 rings (SSSR count). The minimum absolute atomic E-state index is 0.0757. The van der Waals surface area contributed by atoms with Crippen LogP contribution in [0.1, 0.15) is 45.4 Å². The monoisotopic (exact) mass is 313 g/mol. The van der Waals surface area contributed by atoms with Crippen molar-refractivity contribution < 1.29 is 8.42 Å². The fourth-order valence-electron chi connectivity index (χ4n) is 3.48. The van der Waals surface area contributed by atoms with Crippen molar-refractivity contribution in [2.45, 2.75) is 51.5 Å². The van der Waals surface area contributed by atoms with Crippen LogP contribution in [0.4, 0.5) is 0 Å². The average Bonchev–Trinajstić information content (AvgIpc) is 2.50. The van der Waals surface area contributed by atoms with Crippen LogP contribution in [0.2, 0.25) is 0 Å². The van der Waals surface area contributed by atoms with E-state index in [1.807, 2.05) is 6.92 Å². The van der Waals surface area contributed by atoms with Crippen molar-refractivity contribution in [1.82, 2.24) is 9.21 Å². The highest BCUT2D eigenvalue weighted by molar-refractivity contribution is 7.89. The van der Waals surface area contributed by atoms with Gasteiger partial charge >= 0.3 is 0 Å². The third-order valence-corrected chi connectivity index (χ3v) is 6.86. The summed E-state index contributed by atoms with van der Waals surface area (Å²) in [6.45, 7) is 4.42. The van der Waals surface area contributed by atoms with Gasteiger partial charge in [-0.25, -0.2) is 8.42 Å². The molecule has 1 saturated carbocycles. The molecule has 21 heavy (non-hydrogen) atoms. The summed E-state index contributed by atoms with van der Waals surface area (Å²) in [5.74, 6) is 0.673. The second-order valence-electron chi connectivity index (χ2n) is 6.27. The van der Waals surface area contributed by atoms with Crippen molar-refractivity contribution >= 4 is 10.0 Å². The van der Waals surface area contributed by atoms with E-state index in [2.05, 4.69) is 11.0 Å². The highest BCUT2D eigenvalue weighted by Gasteiger charge is 2.31. The van der Waals surface area contributed by atoms with Gasteiger partial charge in [0.2, 0.25) is 10.0 Å². The Balaban J connectivity index is 1.87. The first-order valence-corrected chi connectivity index (χ1v) is 9.79. The van der Waals surface area contributed by atoms with Crippen LogP contribution >= 0.6 is 0 Å². The Morgan fingerprint density at radius 3 is 2.29 bits per heavy atom. The number of hydrogen-bond donors (Lipinski definition) is 0. The van der Waals surface area contributed by atoms with Crippen LogP contribution < -0.4 is 0 Å². The van der Waals surface area contributed by atoms with E-state index in [0.29, 0.717) is 37.8 Å². The highest BCUT2D eigenvalue weighted by Crippen LogP contribution is 2.26.